The molecule has 9 nitrogen and oxygen atoms in total. The monoisotopic (exact) mass is 467 g/mol. The highest BCUT2D eigenvalue weighted by Crippen LogP contribution is 2.13. The first kappa shape index (κ1) is 23.4. The van der Waals surface area contributed by atoms with Crippen LogP contribution in [-0.2, 0) is 31.3 Å². The molecule has 1 aliphatic heterocycles. The molecule has 0 aliphatic carbocycles. The SMILES string of the molecule is O=C(NCCS(=O)(=O)N1CCOCC1)c1cccc(S(=O)(=O)NCc2ccccc2)c1. The summed E-state index contributed by atoms with van der Waals surface area (Å²) in [6.07, 6.45) is 0. The second-order valence-corrected chi connectivity index (χ2v) is 10.8. The maximum absolute atomic E-state index is 12.6. The van der Waals surface area contributed by atoms with Gasteiger partial charge in [-0.3, -0.25) is 4.79 Å². The molecule has 1 aliphatic rings. The summed E-state index contributed by atoms with van der Waals surface area (Å²) in [6.45, 7) is 1.34. The zero-order valence-electron chi connectivity index (χ0n) is 16.9. The molecule has 0 atom stereocenters. The molecule has 0 bridgehead atoms. The fourth-order valence-electron chi connectivity index (χ4n) is 3.01. The number of amides is 1. The summed E-state index contributed by atoms with van der Waals surface area (Å²) in [5.74, 6) is -0.785. The van der Waals surface area contributed by atoms with Crippen LogP contribution in [0.2, 0.25) is 0 Å². The van der Waals surface area contributed by atoms with Gasteiger partial charge in [0.1, 0.15) is 0 Å². The molecule has 11 heteroatoms. The Hall–Kier alpha value is -2.31. The van der Waals surface area contributed by atoms with Crippen LogP contribution in [0.3, 0.4) is 0 Å². The molecule has 0 spiro atoms. The lowest BCUT2D eigenvalue weighted by molar-refractivity contribution is 0.0730. The largest absolute Gasteiger partial charge is 0.379 e. The Balaban J connectivity index is 1.58. The third kappa shape index (κ3) is 6.58. The van der Waals surface area contributed by atoms with Crippen molar-refractivity contribution in [3.05, 3.63) is 65.7 Å². The topological polar surface area (TPSA) is 122 Å². The molecule has 1 fully saturated rings. The molecule has 0 aromatic heterocycles. The van der Waals surface area contributed by atoms with Crippen molar-refractivity contribution in [1.29, 1.82) is 0 Å². The van der Waals surface area contributed by atoms with Crippen LogP contribution in [0, 0.1) is 0 Å². The van der Waals surface area contributed by atoms with Crippen LogP contribution in [0.25, 0.3) is 0 Å². The second-order valence-electron chi connectivity index (χ2n) is 6.92. The number of benzene rings is 2. The van der Waals surface area contributed by atoms with Gasteiger partial charge in [-0.1, -0.05) is 36.4 Å². The molecular formula is C20H25N3O6S2. The molecule has 2 aromatic carbocycles. The first-order chi connectivity index (χ1) is 14.8. The quantitative estimate of drug-likeness (QED) is 0.556. The van der Waals surface area contributed by atoms with Crippen molar-refractivity contribution in [3.63, 3.8) is 0 Å². The first-order valence-electron chi connectivity index (χ1n) is 9.75. The van der Waals surface area contributed by atoms with Crippen LogP contribution < -0.4 is 10.0 Å². The molecule has 0 radical (unpaired) electrons. The van der Waals surface area contributed by atoms with Gasteiger partial charge in [0.05, 0.1) is 23.9 Å². The summed E-state index contributed by atoms with van der Waals surface area (Å²) in [7, 11) is -7.31. The maximum Gasteiger partial charge on any atom is 0.251 e. The Bertz CT molecular complexity index is 1100. The van der Waals surface area contributed by atoms with E-state index in [1.165, 1.54) is 28.6 Å². The molecule has 0 saturated carbocycles. The van der Waals surface area contributed by atoms with Crippen LogP contribution in [0.1, 0.15) is 15.9 Å². The second kappa shape index (κ2) is 10.3. The number of carbonyl (C=O) groups is 1. The minimum absolute atomic E-state index is 0.0444. The lowest BCUT2D eigenvalue weighted by Crippen LogP contribution is -2.43. The van der Waals surface area contributed by atoms with E-state index in [9.17, 15) is 21.6 Å². The van der Waals surface area contributed by atoms with E-state index in [4.69, 9.17) is 4.74 Å². The Morgan fingerprint density at radius 3 is 2.39 bits per heavy atom. The molecule has 2 N–H and O–H groups in total. The van der Waals surface area contributed by atoms with Gasteiger partial charge in [-0.2, -0.15) is 4.31 Å². The molecule has 1 saturated heterocycles. The predicted molar refractivity (Wildman–Crippen MR) is 115 cm³/mol. The van der Waals surface area contributed by atoms with E-state index in [0.29, 0.717) is 26.3 Å². The lowest BCUT2D eigenvalue weighted by atomic mass is 10.2. The number of hydrogen-bond donors (Lipinski definition) is 2. The Labute approximate surface area is 182 Å². The van der Waals surface area contributed by atoms with Crippen LogP contribution in [0.15, 0.2) is 59.5 Å². The van der Waals surface area contributed by atoms with Crippen molar-refractivity contribution in [2.24, 2.45) is 0 Å². The van der Waals surface area contributed by atoms with Crippen molar-refractivity contribution < 1.29 is 26.4 Å². The molecule has 2 aromatic rings. The van der Waals surface area contributed by atoms with Gasteiger partial charge in [0.15, 0.2) is 0 Å². The van der Waals surface area contributed by atoms with E-state index in [2.05, 4.69) is 10.0 Å². The Kier molecular flexibility index (Phi) is 7.79. The van der Waals surface area contributed by atoms with Gasteiger partial charge in [0, 0.05) is 31.7 Å². The number of rotatable bonds is 9. The smallest absolute Gasteiger partial charge is 0.251 e. The van der Waals surface area contributed by atoms with Crippen LogP contribution in [0.4, 0.5) is 0 Å². The molecule has 1 amide bonds. The van der Waals surface area contributed by atoms with Crippen molar-refractivity contribution >= 4 is 26.0 Å². The fourth-order valence-corrected chi connectivity index (χ4v) is 5.40. The normalized spacial score (nSPS) is 15.5. The van der Waals surface area contributed by atoms with Gasteiger partial charge in [-0.25, -0.2) is 21.6 Å². The Morgan fingerprint density at radius 1 is 0.968 bits per heavy atom. The fraction of sp³-hybridized carbons (Fsp3) is 0.350. The zero-order chi connectivity index (χ0) is 22.3. The third-order valence-electron chi connectivity index (χ3n) is 4.72. The van der Waals surface area contributed by atoms with E-state index >= 15 is 0 Å². The van der Waals surface area contributed by atoms with Gasteiger partial charge in [-0.05, 0) is 23.8 Å². The van der Waals surface area contributed by atoms with Crippen LogP contribution >= 0.6 is 0 Å². The minimum Gasteiger partial charge on any atom is -0.379 e. The number of sulfonamides is 2. The number of carbonyl (C=O) groups excluding carboxylic acids is 1. The highest BCUT2D eigenvalue weighted by Gasteiger charge is 2.24. The first-order valence-corrected chi connectivity index (χ1v) is 12.8. The average molecular weight is 468 g/mol. The van der Waals surface area contributed by atoms with E-state index in [0.717, 1.165) is 5.56 Å². The van der Waals surface area contributed by atoms with Crippen LogP contribution in [-0.4, -0.2) is 65.6 Å². The van der Waals surface area contributed by atoms with E-state index in [1.807, 2.05) is 18.2 Å². The van der Waals surface area contributed by atoms with Gasteiger partial charge < -0.3 is 10.1 Å². The third-order valence-corrected chi connectivity index (χ3v) is 8.00. The van der Waals surface area contributed by atoms with E-state index in [1.54, 1.807) is 12.1 Å². The highest BCUT2D eigenvalue weighted by molar-refractivity contribution is 7.89. The molecule has 31 heavy (non-hydrogen) atoms. The minimum atomic E-state index is -3.82. The summed E-state index contributed by atoms with van der Waals surface area (Å²) in [5, 5.41) is 2.54. The lowest BCUT2D eigenvalue weighted by Gasteiger charge is -2.26. The van der Waals surface area contributed by atoms with E-state index < -0.39 is 26.0 Å². The Morgan fingerprint density at radius 2 is 1.68 bits per heavy atom. The van der Waals surface area contributed by atoms with Gasteiger partial charge >= 0.3 is 0 Å². The van der Waals surface area contributed by atoms with Crippen molar-refractivity contribution in [1.82, 2.24) is 14.3 Å². The van der Waals surface area contributed by atoms with Crippen molar-refractivity contribution in [2.75, 3.05) is 38.6 Å². The number of nitrogens with one attached hydrogen (secondary N) is 2. The predicted octanol–water partition coefficient (Wildman–Crippen LogP) is 0.557. The van der Waals surface area contributed by atoms with Gasteiger partial charge in [0.25, 0.3) is 5.91 Å². The average Bonchev–Trinajstić information content (AvgIpc) is 2.79. The number of hydrogen-bond acceptors (Lipinski definition) is 6. The number of ether oxygens (including phenoxy) is 1. The molecule has 1 heterocycles. The summed E-state index contributed by atoms with van der Waals surface area (Å²) < 4.78 is 58.7. The standard InChI is InChI=1S/C20H25N3O6S2/c24-20(21-9-14-30(25,26)23-10-12-29-13-11-23)18-7-4-8-19(15-18)31(27,28)22-16-17-5-2-1-3-6-17/h1-8,15,22H,9-14,16H2,(H,21,24). The van der Waals surface area contributed by atoms with E-state index in [-0.39, 0.29) is 29.3 Å². The summed E-state index contributed by atoms with van der Waals surface area (Å²) in [5.41, 5.74) is 0.938. The summed E-state index contributed by atoms with van der Waals surface area (Å²) >= 11 is 0. The van der Waals surface area contributed by atoms with Gasteiger partial charge in [0.2, 0.25) is 20.0 Å². The summed E-state index contributed by atoms with van der Waals surface area (Å²) in [6, 6.07) is 14.7. The van der Waals surface area contributed by atoms with Crippen LogP contribution in [0.5, 0.6) is 0 Å². The maximum atomic E-state index is 12.6. The van der Waals surface area contributed by atoms with Gasteiger partial charge in [-0.15, -0.1) is 0 Å². The molecular weight excluding hydrogens is 442 g/mol. The number of nitrogens with zero attached hydrogens (tertiary/aromatic N) is 1. The van der Waals surface area contributed by atoms with Crippen molar-refractivity contribution in [2.45, 2.75) is 11.4 Å². The molecule has 3 rings (SSSR count). The number of morpholine rings is 1. The molecule has 168 valence electrons. The summed E-state index contributed by atoms with van der Waals surface area (Å²) in [4.78, 5) is 12.4. The molecule has 0 unspecified atom stereocenters. The highest BCUT2D eigenvalue weighted by atomic mass is 32.2. The zero-order valence-corrected chi connectivity index (χ0v) is 18.5. The van der Waals surface area contributed by atoms with Crippen molar-refractivity contribution in [3.8, 4) is 0 Å².